The molecule has 0 atom stereocenters. The molecule has 0 fully saturated rings. The minimum Gasteiger partial charge on any atom is -0.481 e. The van der Waals surface area contributed by atoms with Gasteiger partial charge in [-0.1, -0.05) is 252 Å². The summed E-state index contributed by atoms with van der Waals surface area (Å²) >= 11 is 0. The number of carbonyl (C=O) groups is 3. The average Bonchev–Trinajstić information content (AvgIpc) is 3.14. The predicted molar refractivity (Wildman–Crippen MR) is 234 cm³/mol. The summed E-state index contributed by atoms with van der Waals surface area (Å²) in [6.45, 7) is 6.78. The van der Waals surface area contributed by atoms with E-state index in [-0.39, 0.29) is 39.9 Å². The van der Waals surface area contributed by atoms with Crippen LogP contribution in [-0.2, 0) is 14.4 Å². The molecule has 0 unspecified atom stereocenters. The third-order valence-electron chi connectivity index (χ3n) is 10.5. The molecule has 0 radical (unpaired) electrons. The van der Waals surface area contributed by atoms with Crippen LogP contribution in [0.25, 0.3) is 0 Å². The van der Waals surface area contributed by atoms with Gasteiger partial charge in [0.05, 0.1) is 0 Å². The molecule has 0 bridgehead atoms. The molecule has 3 N–H and O–H groups in total. The van der Waals surface area contributed by atoms with Crippen molar-refractivity contribution in [2.24, 2.45) is 0 Å². The average molecular weight is 927 g/mol. The zero-order chi connectivity index (χ0) is 40.4. The summed E-state index contributed by atoms with van der Waals surface area (Å²) in [7, 11) is 0. The Morgan fingerprint density at radius 2 is 0.345 bits per heavy atom. The van der Waals surface area contributed by atoms with Crippen molar-refractivity contribution in [2.75, 3.05) is 0 Å². The van der Waals surface area contributed by atoms with E-state index in [0.29, 0.717) is 19.3 Å². The summed E-state index contributed by atoms with van der Waals surface area (Å²) in [5.74, 6) is -1.96. The van der Waals surface area contributed by atoms with Crippen molar-refractivity contribution in [3.63, 3.8) is 0 Å². The normalized spacial score (nSPS) is 10.5. The van der Waals surface area contributed by atoms with Crippen LogP contribution < -0.4 is 0 Å². The summed E-state index contributed by atoms with van der Waals surface area (Å²) in [6.07, 6.45) is 51.8. The third kappa shape index (κ3) is 71.9. The van der Waals surface area contributed by atoms with Gasteiger partial charge in [-0.25, -0.2) is 0 Å². The van der Waals surface area contributed by atoms with E-state index >= 15 is 0 Å². The molecule has 0 aromatic carbocycles. The summed E-state index contributed by atoms with van der Waals surface area (Å²) in [5, 5.41) is 25.5. The van der Waals surface area contributed by atoms with Crippen LogP contribution in [0, 0.1) is 39.9 Å². The maximum absolute atomic E-state index is 10.3. The SMILES string of the molecule is CCCCCCCCCCCCCCCC(=O)O.CCCCCCCCCCCCCCCC(=O)O.CCCCCCCCCCCCCCCC(=O)O.[Gd]. The first-order valence-electron chi connectivity index (χ1n) is 24.0. The van der Waals surface area contributed by atoms with Crippen molar-refractivity contribution in [1.82, 2.24) is 0 Å². The third-order valence-corrected chi connectivity index (χ3v) is 10.5. The maximum Gasteiger partial charge on any atom is 0.303 e. The van der Waals surface area contributed by atoms with Crippen LogP contribution in [0.4, 0.5) is 0 Å². The van der Waals surface area contributed by atoms with Gasteiger partial charge >= 0.3 is 17.9 Å². The van der Waals surface area contributed by atoms with Crippen molar-refractivity contribution < 1.29 is 69.6 Å². The number of hydrogen-bond donors (Lipinski definition) is 3. The summed E-state index contributed by atoms with van der Waals surface area (Å²) in [6, 6.07) is 0. The van der Waals surface area contributed by atoms with Gasteiger partial charge < -0.3 is 15.3 Å². The van der Waals surface area contributed by atoms with Gasteiger partial charge in [-0.05, 0) is 19.3 Å². The van der Waals surface area contributed by atoms with Crippen LogP contribution in [0.3, 0.4) is 0 Å². The molecule has 0 aliphatic carbocycles. The van der Waals surface area contributed by atoms with Crippen LogP contribution in [0.1, 0.15) is 290 Å². The molecule has 0 amide bonds. The van der Waals surface area contributed by atoms with Crippen LogP contribution >= 0.6 is 0 Å². The summed E-state index contributed by atoms with van der Waals surface area (Å²) in [5.41, 5.74) is 0. The Morgan fingerprint density at radius 3 is 0.455 bits per heavy atom. The Bertz CT molecular complexity index is 636. The molecule has 55 heavy (non-hydrogen) atoms. The molecular formula is C48H96GdO6. The first-order valence-corrected chi connectivity index (χ1v) is 24.0. The second-order valence-corrected chi connectivity index (χ2v) is 16.2. The molecule has 0 saturated heterocycles. The van der Waals surface area contributed by atoms with Crippen LogP contribution in [0.15, 0.2) is 0 Å². The van der Waals surface area contributed by atoms with Crippen LogP contribution in [-0.4, -0.2) is 33.2 Å². The van der Waals surface area contributed by atoms with Gasteiger partial charge in [0.15, 0.2) is 0 Å². The molecule has 7 heteroatoms. The topological polar surface area (TPSA) is 112 Å². The van der Waals surface area contributed by atoms with E-state index in [9.17, 15) is 14.4 Å². The first-order chi connectivity index (χ1) is 26.3. The fourth-order valence-corrected chi connectivity index (χ4v) is 6.88. The van der Waals surface area contributed by atoms with Gasteiger partial charge in [0.2, 0.25) is 0 Å². The molecule has 332 valence electrons. The van der Waals surface area contributed by atoms with Gasteiger partial charge in [0, 0.05) is 59.2 Å². The van der Waals surface area contributed by atoms with E-state index < -0.39 is 17.9 Å². The van der Waals surface area contributed by atoms with Crippen molar-refractivity contribution in [3.05, 3.63) is 0 Å². The molecule has 0 rings (SSSR count). The Hall–Kier alpha value is -0.265. The molecule has 0 heterocycles. The molecule has 0 spiro atoms. The van der Waals surface area contributed by atoms with E-state index in [1.54, 1.807) is 0 Å². The van der Waals surface area contributed by atoms with E-state index in [1.807, 2.05) is 0 Å². The number of unbranched alkanes of at least 4 members (excludes halogenated alkanes) is 36. The number of carboxylic acid groups (broad SMARTS) is 3. The van der Waals surface area contributed by atoms with Crippen LogP contribution in [0.5, 0.6) is 0 Å². The Morgan fingerprint density at radius 1 is 0.236 bits per heavy atom. The smallest absolute Gasteiger partial charge is 0.303 e. The summed E-state index contributed by atoms with van der Waals surface area (Å²) in [4.78, 5) is 30.9. The number of carboxylic acids is 3. The standard InChI is InChI=1S/3C16H32O2.Gd/c3*1-2-3-4-5-6-7-8-9-10-11-12-13-14-15-16(17)18;/h3*2-15H2,1H3,(H,17,18);. The second-order valence-electron chi connectivity index (χ2n) is 16.2. The molecule has 6 nitrogen and oxygen atoms in total. The van der Waals surface area contributed by atoms with Crippen LogP contribution in [0.2, 0.25) is 0 Å². The molecule has 0 aliphatic rings. The molecule has 0 aromatic rings. The van der Waals surface area contributed by atoms with E-state index in [4.69, 9.17) is 15.3 Å². The van der Waals surface area contributed by atoms with Gasteiger partial charge in [-0.2, -0.15) is 0 Å². The zero-order valence-corrected chi connectivity index (χ0v) is 39.4. The number of rotatable bonds is 42. The van der Waals surface area contributed by atoms with Gasteiger partial charge in [0.25, 0.3) is 0 Å². The van der Waals surface area contributed by atoms with Crippen molar-refractivity contribution >= 4 is 17.9 Å². The van der Waals surface area contributed by atoms with E-state index in [0.717, 1.165) is 38.5 Å². The van der Waals surface area contributed by atoms with Crippen molar-refractivity contribution in [1.29, 1.82) is 0 Å². The monoisotopic (exact) mass is 927 g/mol. The predicted octanol–water partition coefficient (Wildman–Crippen LogP) is 16.7. The Labute approximate surface area is 375 Å². The van der Waals surface area contributed by atoms with Gasteiger partial charge in [-0.3, -0.25) is 14.4 Å². The first kappa shape index (κ1) is 61.4. The number of aliphatic carboxylic acids is 3. The minimum atomic E-state index is -0.655. The number of hydrogen-bond acceptors (Lipinski definition) is 3. The van der Waals surface area contributed by atoms with Crippen molar-refractivity contribution in [2.45, 2.75) is 290 Å². The summed E-state index contributed by atoms with van der Waals surface area (Å²) < 4.78 is 0. The Balaban J connectivity index is -0.000000351. The fraction of sp³-hybridized carbons (Fsp3) is 0.938. The van der Waals surface area contributed by atoms with Gasteiger partial charge in [0.1, 0.15) is 0 Å². The van der Waals surface area contributed by atoms with Gasteiger partial charge in [-0.15, -0.1) is 0 Å². The fourth-order valence-electron chi connectivity index (χ4n) is 6.88. The second kappa shape index (κ2) is 58.1. The largest absolute Gasteiger partial charge is 0.481 e. The van der Waals surface area contributed by atoms with Crippen molar-refractivity contribution in [3.8, 4) is 0 Å². The molecule has 0 aliphatic heterocycles. The maximum atomic E-state index is 10.3. The molecule has 0 saturated carbocycles. The quantitative estimate of drug-likeness (QED) is 0.0526. The molecule has 0 aromatic heterocycles. The van der Waals surface area contributed by atoms with E-state index in [1.165, 1.54) is 212 Å². The van der Waals surface area contributed by atoms with E-state index in [2.05, 4.69) is 20.8 Å². The Kier molecular flexibility index (Phi) is 64.8. The zero-order valence-electron chi connectivity index (χ0n) is 37.1. The molecular weight excluding hydrogens is 830 g/mol. The minimum absolute atomic E-state index is 0.